The van der Waals surface area contributed by atoms with Crippen LogP contribution in [0.4, 0.5) is 0 Å². The number of allylic oxidation sites excluding steroid dienone is 2. The maximum Gasteiger partial charge on any atom is -0.0183 e. The second-order valence-electron chi connectivity index (χ2n) is 4.80. The van der Waals surface area contributed by atoms with Gasteiger partial charge in [-0.2, -0.15) is 0 Å². The van der Waals surface area contributed by atoms with Crippen molar-refractivity contribution in [1.82, 2.24) is 0 Å². The Morgan fingerprint density at radius 3 is 2.36 bits per heavy atom. The van der Waals surface area contributed by atoms with Crippen LogP contribution in [0.1, 0.15) is 41.0 Å². The normalized spacial score (nSPS) is 36.6. The zero-order valence-electron chi connectivity index (χ0n) is 8.44. The van der Waals surface area contributed by atoms with E-state index in [1.165, 1.54) is 6.42 Å². The van der Waals surface area contributed by atoms with Gasteiger partial charge in [-0.15, -0.1) is 0 Å². The fraction of sp³-hybridized carbons (Fsp3) is 0.818. The largest absolute Gasteiger partial charge is 0.0825 e. The van der Waals surface area contributed by atoms with Gasteiger partial charge < -0.3 is 0 Å². The van der Waals surface area contributed by atoms with Crippen LogP contribution in [0.2, 0.25) is 0 Å². The molecule has 0 aromatic rings. The molecule has 2 atom stereocenters. The Balaban J connectivity index is 2.86. The van der Waals surface area contributed by atoms with E-state index in [-0.39, 0.29) is 0 Å². The van der Waals surface area contributed by atoms with Crippen molar-refractivity contribution in [3.63, 3.8) is 0 Å². The second kappa shape index (κ2) is 2.66. The molecule has 0 radical (unpaired) electrons. The Labute approximate surface area is 70.7 Å². The zero-order chi connectivity index (χ0) is 8.65. The lowest BCUT2D eigenvalue weighted by atomic mass is 9.67. The molecule has 0 nitrogen and oxygen atoms in total. The Morgan fingerprint density at radius 1 is 1.36 bits per heavy atom. The van der Waals surface area contributed by atoms with E-state index in [1.54, 1.807) is 5.57 Å². The molecular weight excluding hydrogens is 132 g/mol. The van der Waals surface area contributed by atoms with E-state index in [0.29, 0.717) is 5.41 Å². The fourth-order valence-corrected chi connectivity index (χ4v) is 2.27. The van der Waals surface area contributed by atoms with Crippen LogP contribution in [-0.2, 0) is 0 Å². The highest BCUT2D eigenvalue weighted by molar-refractivity contribution is 5.12. The standard InChI is InChI=1S/C11H20/c1-8-6-9(2)10(3)11(4,5)7-8/h6,8,10H,7H2,1-5H3. The third-order valence-corrected chi connectivity index (χ3v) is 3.25. The van der Waals surface area contributed by atoms with Crippen LogP contribution < -0.4 is 0 Å². The molecule has 1 aliphatic carbocycles. The average molecular weight is 152 g/mol. The van der Waals surface area contributed by atoms with Gasteiger partial charge in [0.15, 0.2) is 0 Å². The third kappa shape index (κ3) is 1.66. The van der Waals surface area contributed by atoms with E-state index in [0.717, 1.165) is 11.8 Å². The maximum atomic E-state index is 2.43. The van der Waals surface area contributed by atoms with Gasteiger partial charge in [-0.3, -0.25) is 0 Å². The van der Waals surface area contributed by atoms with Gasteiger partial charge in [0.25, 0.3) is 0 Å². The summed E-state index contributed by atoms with van der Waals surface area (Å²) in [7, 11) is 0. The van der Waals surface area contributed by atoms with Gasteiger partial charge in [-0.25, -0.2) is 0 Å². The van der Waals surface area contributed by atoms with Gasteiger partial charge in [0.05, 0.1) is 0 Å². The molecule has 64 valence electrons. The van der Waals surface area contributed by atoms with Crippen LogP contribution >= 0.6 is 0 Å². The molecule has 0 saturated heterocycles. The van der Waals surface area contributed by atoms with E-state index in [2.05, 4.69) is 40.7 Å². The minimum Gasteiger partial charge on any atom is -0.0825 e. The lowest BCUT2D eigenvalue weighted by Crippen LogP contribution is -2.28. The van der Waals surface area contributed by atoms with Crippen molar-refractivity contribution in [2.24, 2.45) is 17.3 Å². The summed E-state index contributed by atoms with van der Waals surface area (Å²) in [6.07, 6.45) is 3.77. The van der Waals surface area contributed by atoms with Crippen LogP contribution in [0.3, 0.4) is 0 Å². The first kappa shape index (κ1) is 8.83. The van der Waals surface area contributed by atoms with Gasteiger partial charge in [-0.05, 0) is 30.6 Å². The molecule has 2 unspecified atom stereocenters. The number of hydrogen-bond donors (Lipinski definition) is 0. The Morgan fingerprint density at radius 2 is 1.91 bits per heavy atom. The van der Waals surface area contributed by atoms with Crippen molar-refractivity contribution >= 4 is 0 Å². The SMILES string of the molecule is CC1=CC(C)CC(C)(C)C1C. The predicted octanol–water partition coefficient (Wildman–Crippen LogP) is 3.63. The molecule has 0 aromatic heterocycles. The summed E-state index contributed by atoms with van der Waals surface area (Å²) in [5.41, 5.74) is 2.09. The Bertz CT molecular complexity index is 174. The fourth-order valence-electron chi connectivity index (χ4n) is 2.27. The van der Waals surface area contributed by atoms with Gasteiger partial charge in [0.2, 0.25) is 0 Å². The molecule has 0 aliphatic heterocycles. The van der Waals surface area contributed by atoms with E-state index < -0.39 is 0 Å². The first-order chi connectivity index (χ1) is 4.93. The van der Waals surface area contributed by atoms with Crippen molar-refractivity contribution in [1.29, 1.82) is 0 Å². The molecule has 0 amide bonds. The third-order valence-electron chi connectivity index (χ3n) is 3.25. The van der Waals surface area contributed by atoms with Crippen LogP contribution in [0.15, 0.2) is 11.6 Å². The summed E-state index contributed by atoms with van der Waals surface area (Å²) >= 11 is 0. The van der Waals surface area contributed by atoms with E-state index in [9.17, 15) is 0 Å². The van der Waals surface area contributed by atoms with Gasteiger partial charge >= 0.3 is 0 Å². The number of rotatable bonds is 0. The van der Waals surface area contributed by atoms with Crippen molar-refractivity contribution in [2.45, 2.75) is 41.0 Å². The number of hydrogen-bond acceptors (Lipinski definition) is 0. The Hall–Kier alpha value is -0.260. The molecular formula is C11H20. The summed E-state index contributed by atoms with van der Waals surface area (Å²) in [5.74, 6) is 1.54. The highest BCUT2D eigenvalue weighted by Crippen LogP contribution is 2.42. The van der Waals surface area contributed by atoms with Gasteiger partial charge in [-0.1, -0.05) is 39.3 Å². The van der Waals surface area contributed by atoms with Crippen LogP contribution in [-0.4, -0.2) is 0 Å². The molecule has 11 heavy (non-hydrogen) atoms. The molecule has 0 saturated carbocycles. The van der Waals surface area contributed by atoms with Crippen molar-refractivity contribution in [3.8, 4) is 0 Å². The van der Waals surface area contributed by atoms with Crippen molar-refractivity contribution in [2.75, 3.05) is 0 Å². The zero-order valence-corrected chi connectivity index (χ0v) is 8.44. The summed E-state index contributed by atoms with van der Waals surface area (Å²) in [6, 6.07) is 0. The first-order valence-electron chi connectivity index (χ1n) is 4.62. The lowest BCUT2D eigenvalue weighted by molar-refractivity contribution is 0.202. The van der Waals surface area contributed by atoms with E-state index in [4.69, 9.17) is 0 Å². The summed E-state index contributed by atoms with van der Waals surface area (Å²) in [6.45, 7) is 11.7. The molecule has 0 heterocycles. The molecule has 1 rings (SSSR count). The second-order valence-corrected chi connectivity index (χ2v) is 4.80. The van der Waals surface area contributed by atoms with Gasteiger partial charge in [0.1, 0.15) is 0 Å². The smallest absolute Gasteiger partial charge is 0.0183 e. The van der Waals surface area contributed by atoms with Crippen LogP contribution in [0.25, 0.3) is 0 Å². The predicted molar refractivity (Wildman–Crippen MR) is 50.5 cm³/mol. The minimum absolute atomic E-state index is 0.512. The van der Waals surface area contributed by atoms with Crippen molar-refractivity contribution < 1.29 is 0 Å². The summed E-state index contributed by atoms with van der Waals surface area (Å²) in [5, 5.41) is 0. The van der Waals surface area contributed by atoms with Crippen molar-refractivity contribution in [3.05, 3.63) is 11.6 Å². The molecule has 0 bridgehead atoms. The quantitative estimate of drug-likeness (QED) is 0.465. The molecule has 0 fully saturated rings. The topological polar surface area (TPSA) is 0 Å². The van der Waals surface area contributed by atoms with Gasteiger partial charge in [0, 0.05) is 0 Å². The molecule has 0 N–H and O–H groups in total. The first-order valence-corrected chi connectivity index (χ1v) is 4.62. The van der Waals surface area contributed by atoms with Crippen LogP contribution in [0.5, 0.6) is 0 Å². The minimum atomic E-state index is 0.512. The highest BCUT2D eigenvalue weighted by atomic mass is 14.4. The summed E-state index contributed by atoms with van der Waals surface area (Å²) < 4.78 is 0. The average Bonchev–Trinajstić information content (AvgIpc) is 1.81. The summed E-state index contributed by atoms with van der Waals surface area (Å²) in [4.78, 5) is 0. The lowest BCUT2D eigenvalue weighted by Gasteiger charge is -2.38. The van der Waals surface area contributed by atoms with Crippen LogP contribution in [0, 0.1) is 17.3 Å². The molecule has 0 aromatic carbocycles. The highest BCUT2D eigenvalue weighted by Gasteiger charge is 2.31. The van der Waals surface area contributed by atoms with E-state index >= 15 is 0 Å². The molecule has 1 aliphatic rings. The Kier molecular flexibility index (Phi) is 2.13. The van der Waals surface area contributed by atoms with E-state index in [1.807, 2.05) is 0 Å². The molecule has 0 heteroatoms. The maximum absolute atomic E-state index is 2.43. The molecule has 0 spiro atoms. The monoisotopic (exact) mass is 152 g/mol.